The molecule has 1 atom stereocenters. The number of imide groups is 1. The zero-order valence-corrected chi connectivity index (χ0v) is 9.53. The average molecular weight is 276 g/mol. The number of ether oxygens (including phenoxy) is 1. The molecule has 1 aliphatic heterocycles. The molecule has 1 heterocycles. The highest BCUT2D eigenvalue weighted by molar-refractivity contribution is 9.10. The van der Waals surface area contributed by atoms with Crippen molar-refractivity contribution in [2.75, 3.05) is 13.2 Å². The number of esters is 1. The van der Waals surface area contributed by atoms with Crippen LogP contribution in [-0.4, -0.2) is 40.7 Å². The van der Waals surface area contributed by atoms with Crippen molar-refractivity contribution < 1.29 is 19.1 Å². The molecule has 1 fully saturated rings. The Hall–Kier alpha value is -1.17. The van der Waals surface area contributed by atoms with Crippen LogP contribution in [0.25, 0.3) is 0 Å². The van der Waals surface area contributed by atoms with Crippen molar-refractivity contribution in [3.8, 4) is 0 Å². The molecule has 1 saturated heterocycles. The second-order valence-corrected chi connectivity index (χ2v) is 4.03. The van der Waals surface area contributed by atoms with E-state index in [4.69, 9.17) is 0 Å². The first-order valence-electron chi connectivity index (χ1n) is 4.33. The third-order valence-corrected chi connectivity index (χ3v) is 2.63. The van der Waals surface area contributed by atoms with Gasteiger partial charge >= 0.3 is 5.97 Å². The molecule has 5 nitrogen and oxygen atoms in total. The molecule has 0 saturated carbocycles. The Morgan fingerprint density at radius 2 is 2.33 bits per heavy atom. The largest absolute Gasteiger partial charge is 0.461 e. The van der Waals surface area contributed by atoms with Gasteiger partial charge in [0.2, 0.25) is 11.8 Å². The second kappa shape index (κ2) is 5.06. The van der Waals surface area contributed by atoms with E-state index in [0.717, 1.165) is 11.0 Å². The number of carbonyl (C=O) groups excluding carboxylic acids is 3. The molecular formula is C9H10BrNO4. The van der Waals surface area contributed by atoms with Crippen LogP contribution in [0.15, 0.2) is 12.7 Å². The quantitative estimate of drug-likeness (QED) is 0.319. The third-order valence-electron chi connectivity index (χ3n) is 1.91. The van der Waals surface area contributed by atoms with Crippen molar-refractivity contribution >= 4 is 33.7 Å². The number of likely N-dealkylation sites (tertiary alicyclic amines) is 1. The number of alkyl halides is 1. The summed E-state index contributed by atoms with van der Waals surface area (Å²) in [5.41, 5.74) is 0. The molecule has 2 amide bonds. The van der Waals surface area contributed by atoms with Gasteiger partial charge in [0.05, 0.1) is 6.54 Å². The molecule has 0 N–H and O–H groups in total. The number of carbonyl (C=O) groups is 3. The topological polar surface area (TPSA) is 63.7 Å². The fourth-order valence-corrected chi connectivity index (χ4v) is 1.70. The Bertz CT molecular complexity index is 315. The molecule has 0 aromatic rings. The molecule has 1 rings (SSSR count). The highest BCUT2D eigenvalue weighted by Gasteiger charge is 2.36. The minimum atomic E-state index is -0.565. The summed E-state index contributed by atoms with van der Waals surface area (Å²) in [6.45, 7) is 3.32. The summed E-state index contributed by atoms with van der Waals surface area (Å²) in [5.74, 6) is -1.10. The second-order valence-electron chi connectivity index (χ2n) is 2.93. The zero-order chi connectivity index (χ0) is 11.4. The van der Waals surface area contributed by atoms with Crippen LogP contribution in [0.2, 0.25) is 0 Å². The average Bonchev–Trinajstić information content (AvgIpc) is 2.44. The van der Waals surface area contributed by atoms with Gasteiger partial charge in [-0.3, -0.25) is 14.5 Å². The Morgan fingerprint density at radius 3 is 2.80 bits per heavy atom. The summed E-state index contributed by atoms with van der Waals surface area (Å²) in [6.07, 6.45) is 1.19. The summed E-state index contributed by atoms with van der Waals surface area (Å²) >= 11 is 3.08. The first-order chi connectivity index (χ1) is 7.06. The first kappa shape index (κ1) is 11.9. The van der Waals surface area contributed by atoms with E-state index in [0.29, 0.717) is 0 Å². The molecule has 0 aromatic heterocycles. The normalized spacial score (nSPS) is 20.6. The van der Waals surface area contributed by atoms with Crippen LogP contribution in [0.1, 0.15) is 6.42 Å². The molecule has 1 aliphatic rings. The minimum absolute atomic E-state index is 0.00204. The maximum Gasteiger partial charge on any atom is 0.330 e. The number of nitrogens with zero attached hydrogens (tertiary/aromatic N) is 1. The third kappa shape index (κ3) is 2.89. The van der Waals surface area contributed by atoms with Crippen LogP contribution in [0, 0.1) is 0 Å². The first-order valence-corrected chi connectivity index (χ1v) is 5.25. The van der Waals surface area contributed by atoms with Gasteiger partial charge in [0.1, 0.15) is 11.4 Å². The molecule has 15 heavy (non-hydrogen) atoms. The number of halogens is 1. The lowest BCUT2D eigenvalue weighted by Crippen LogP contribution is -2.34. The van der Waals surface area contributed by atoms with Crippen molar-refractivity contribution in [1.29, 1.82) is 0 Å². The van der Waals surface area contributed by atoms with E-state index in [1.807, 2.05) is 0 Å². The smallest absolute Gasteiger partial charge is 0.330 e. The molecule has 0 radical (unpaired) electrons. The Labute approximate surface area is 95.2 Å². The van der Waals surface area contributed by atoms with Gasteiger partial charge in [0.15, 0.2) is 0 Å². The van der Waals surface area contributed by atoms with E-state index in [9.17, 15) is 14.4 Å². The van der Waals surface area contributed by atoms with Gasteiger partial charge in [0, 0.05) is 12.5 Å². The Morgan fingerprint density at radius 1 is 1.67 bits per heavy atom. The summed E-state index contributed by atoms with van der Waals surface area (Å²) in [5, 5.41) is 0. The maximum atomic E-state index is 11.4. The lowest BCUT2D eigenvalue weighted by atomic mass is 10.4. The van der Waals surface area contributed by atoms with Crippen LogP contribution in [0.5, 0.6) is 0 Å². The molecule has 6 heteroatoms. The van der Waals surface area contributed by atoms with E-state index in [2.05, 4.69) is 27.2 Å². The van der Waals surface area contributed by atoms with Crippen molar-refractivity contribution in [1.82, 2.24) is 4.90 Å². The SMILES string of the molecule is C=CC(=O)OCCN1C(=O)CC(Br)C1=O. The summed E-state index contributed by atoms with van der Waals surface area (Å²) in [6, 6.07) is 0. The lowest BCUT2D eigenvalue weighted by molar-refractivity contribution is -0.144. The van der Waals surface area contributed by atoms with E-state index in [1.165, 1.54) is 0 Å². The molecule has 0 aliphatic carbocycles. The van der Waals surface area contributed by atoms with Gasteiger partial charge < -0.3 is 4.74 Å². The molecule has 0 spiro atoms. The Kier molecular flexibility index (Phi) is 4.02. The number of amides is 2. The van der Waals surface area contributed by atoms with Gasteiger partial charge in [0.25, 0.3) is 0 Å². The fraction of sp³-hybridized carbons (Fsp3) is 0.444. The predicted molar refractivity (Wildman–Crippen MR) is 55.2 cm³/mol. The van der Waals surface area contributed by atoms with Crippen LogP contribution in [0.4, 0.5) is 0 Å². The summed E-state index contributed by atoms with van der Waals surface area (Å²) in [7, 11) is 0. The van der Waals surface area contributed by atoms with Gasteiger partial charge in [-0.1, -0.05) is 22.5 Å². The van der Waals surface area contributed by atoms with Crippen molar-refractivity contribution in [2.45, 2.75) is 11.2 Å². The van der Waals surface area contributed by atoms with Crippen LogP contribution in [0.3, 0.4) is 0 Å². The fourth-order valence-electron chi connectivity index (χ4n) is 1.17. The van der Waals surface area contributed by atoms with Gasteiger partial charge in [-0.25, -0.2) is 4.79 Å². The van der Waals surface area contributed by atoms with Crippen LogP contribution < -0.4 is 0 Å². The Balaban J connectivity index is 2.39. The molecular weight excluding hydrogens is 266 g/mol. The van der Waals surface area contributed by atoms with Gasteiger partial charge in [-0.2, -0.15) is 0 Å². The maximum absolute atomic E-state index is 11.4. The van der Waals surface area contributed by atoms with Crippen molar-refractivity contribution in [2.24, 2.45) is 0 Å². The zero-order valence-electron chi connectivity index (χ0n) is 7.94. The van der Waals surface area contributed by atoms with Gasteiger partial charge in [-0.05, 0) is 0 Å². The van der Waals surface area contributed by atoms with E-state index < -0.39 is 10.8 Å². The predicted octanol–water partition coefficient (Wildman–Crippen LogP) is 0.238. The monoisotopic (exact) mass is 275 g/mol. The standard InChI is InChI=1S/C9H10BrNO4/c1-2-8(13)15-4-3-11-7(12)5-6(10)9(11)14/h2,6H,1,3-5H2. The molecule has 0 bridgehead atoms. The molecule has 1 unspecified atom stereocenters. The van der Waals surface area contributed by atoms with Crippen molar-refractivity contribution in [3.63, 3.8) is 0 Å². The van der Waals surface area contributed by atoms with Crippen LogP contribution in [-0.2, 0) is 19.1 Å². The molecule has 0 aromatic carbocycles. The molecule has 82 valence electrons. The van der Waals surface area contributed by atoms with E-state index in [-0.39, 0.29) is 31.4 Å². The van der Waals surface area contributed by atoms with Crippen LogP contribution >= 0.6 is 15.9 Å². The minimum Gasteiger partial charge on any atom is -0.461 e. The summed E-state index contributed by atoms with van der Waals surface area (Å²) in [4.78, 5) is 33.9. The summed E-state index contributed by atoms with van der Waals surface area (Å²) < 4.78 is 4.67. The number of hydrogen-bond donors (Lipinski definition) is 0. The highest BCUT2D eigenvalue weighted by atomic mass is 79.9. The highest BCUT2D eigenvalue weighted by Crippen LogP contribution is 2.19. The lowest BCUT2D eigenvalue weighted by Gasteiger charge is -2.13. The number of rotatable bonds is 4. The van der Waals surface area contributed by atoms with Crippen molar-refractivity contribution in [3.05, 3.63) is 12.7 Å². The van der Waals surface area contributed by atoms with E-state index >= 15 is 0 Å². The van der Waals surface area contributed by atoms with E-state index in [1.54, 1.807) is 0 Å². The van der Waals surface area contributed by atoms with Gasteiger partial charge in [-0.15, -0.1) is 0 Å². The number of hydrogen-bond acceptors (Lipinski definition) is 4.